The Hall–Kier alpha value is -1.85. The Balaban J connectivity index is 2.49. The number of ketones is 1. The Morgan fingerprint density at radius 2 is 1.44 bits per heavy atom. The second-order valence-corrected chi connectivity index (χ2v) is 15.0. The number of allylic oxidation sites excluding steroid dienone is 1. The van der Waals surface area contributed by atoms with Gasteiger partial charge in [0.05, 0.1) is 23.4 Å². The van der Waals surface area contributed by atoms with Crippen molar-refractivity contribution in [3.05, 3.63) is 75.7 Å². The van der Waals surface area contributed by atoms with Crippen LogP contribution in [0.2, 0.25) is 5.02 Å². The Kier molecular flexibility index (Phi) is 8.08. The summed E-state index contributed by atoms with van der Waals surface area (Å²) in [6.45, 7) is 6.28. The van der Waals surface area contributed by atoms with Crippen LogP contribution in [0, 0.1) is 0 Å². The molecule has 1 unspecified atom stereocenters. The molecule has 0 fully saturated rings. The van der Waals surface area contributed by atoms with E-state index in [4.69, 9.17) is 20.6 Å². The van der Waals surface area contributed by atoms with Crippen molar-refractivity contribution in [2.75, 3.05) is 6.26 Å². The topological polar surface area (TPSA) is 133 Å². The largest absolute Gasteiger partial charge is 0.360 e. The first kappa shape index (κ1) is 28.7. The van der Waals surface area contributed by atoms with E-state index in [0.717, 1.165) is 12.3 Å². The molecule has 0 radical (unpaired) electrons. The number of benzene rings is 2. The lowest BCUT2D eigenvalue weighted by Crippen LogP contribution is -2.48. The zero-order valence-electron chi connectivity index (χ0n) is 20.3. The van der Waals surface area contributed by atoms with E-state index in [1.807, 2.05) is 0 Å². The van der Waals surface area contributed by atoms with Crippen LogP contribution in [0.5, 0.6) is 0 Å². The fraction of sp³-hybridized carbons (Fsp3) is 0.348. The molecule has 36 heavy (non-hydrogen) atoms. The third-order valence-corrected chi connectivity index (χ3v) is 10.6. The molecule has 1 aliphatic rings. The highest BCUT2D eigenvalue weighted by atomic mass is 35.5. The molecule has 1 N–H and O–H groups in total. The van der Waals surface area contributed by atoms with Crippen LogP contribution in [0.1, 0.15) is 43.6 Å². The minimum atomic E-state index is -4.60. The van der Waals surface area contributed by atoms with Gasteiger partial charge in [-0.2, -0.15) is 4.72 Å². The van der Waals surface area contributed by atoms with Crippen molar-refractivity contribution in [1.82, 2.24) is 4.72 Å². The zero-order valence-corrected chi connectivity index (χ0v) is 23.5. The molecule has 0 saturated carbocycles. The molecule has 0 bridgehead atoms. The van der Waals surface area contributed by atoms with Crippen LogP contribution < -0.4 is 4.72 Å². The summed E-state index contributed by atoms with van der Waals surface area (Å²) in [6.07, 6.45) is 0.225. The van der Waals surface area contributed by atoms with Gasteiger partial charge in [0, 0.05) is 16.1 Å². The van der Waals surface area contributed by atoms with Crippen LogP contribution in [0.25, 0.3) is 0 Å². The number of carbonyl (C=O) groups is 1. The van der Waals surface area contributed by atoms with Crippen molar-refractivity contribution >= 4 is 44.8 Å². The second kappa shape index (κ2) is 10.1. The van der Waals surface area contributed by atoms with Crippen molar-refractivity contribution in [1.29, 1.82) is 0 Å². The molecule has 0 spiro atoms. The summed E-state index contributed by atoms with van der Waals surface area (Å²) in [6, 6.07) is 10.8. The van der Waals surface area contributed by atoms with E-state index in [2.05, 4.69) is 4.72 Å². The Morgan fingerprint density at radius 3 is 1.94 bits per heavy atom. The number of fused-ring (bicyclic) bond motifs is 1. The van der Waals surface area contributed by atoms with Gasteiger partial charge in [-0.05, 0) is 58.0 Å². The minimum Gasteiger partial charge on any atom is -0.304 e. The Morgan fingerprint density at radius 1 is 0.917 bits per heavy atom. The van der Waals surface area contributed by atoms with Gasteiger partial charge in [0.2, 0.25) is 25.6 Å². The Bertz CT molecular complexity index is 1450. The lowest BCUT2D eigenvalue weighted by Gasteiger charge is -2.41. The molecule has 0 aliphatic heterocycles. The number of carbonyl (C=O) groups excluding carboxylic acids is 1. The van der Waals surface area contributed by atoms with E-state index in [9.17, 15) is 26.2 Å². The number of rotatable bonds is 9. The highest BCUT2D eigenvalue weighted by molar-refractivity contribution is 7.96. The number of halogens is 1. The molecule has 3 rings (SSSR count). The lowest BCUT2D eigenvalue weighted by atomic mass is 9.92. The maximum absolute atomic E-state index is 14.6. The fourth-order valence-electron chi connectivity index (χ4n) is 3.82. The maximum Gasteiger partial charge on any atom is 0.360 e. The molecule has 2 aromatic carbocycles. The third-order valence-electron chi connectivity index (χ3n) is 5.03. The maximum atomic E-state index is 14.6. The minimum absolute atomic E-state index is 0.0554. The van der Waals surface area contributed by atoms with E-state index < -0.39 is 55.6 Å². The molecule has 0 aromatic heterocycles. The summed E-state index contributed by atoms with van der Waals surface area (Å²) < 4.78 is 81.0. The van der Waals surface area contributed by atoms with Crippen LogP contribution in [0.15, 0.2) is 64.4 Å². The SMILES string of the molecule is CC(C)OP(=O)(OC(C)C)C1(NS(C)(=O)=O)C=C(S(=O)(=O)c2ccc(Cl)cc2)C(=O)c2ccccc21. The molecular weight excluding hydrogens is 549 g/mol. The van der Waals surface area contributed by atoms with Gasteiger partial charge in [-0.1, -0.05) is 35.9 Å². The smallest absolute Gasteiger partial charge is 0.304 e. The van der Waals surface area contributed by atoms with E-state index >= 15 is 0 Å². The van der Waals surface area contributed by atoms with Crippen LogP contribution in [0.3, 0.4) is 0 Å². The monoisotopic (exact) mass is 575 g/mol. The molecule has 9 nitrogen and oxygen atoms in total. The number of sulfone groups is 1. The average molecular weight is 576 g/mol. The average Bonchev–Trinajstić information content (AvgIpc) is 2.74. The molecule has 1 aliphatic carbocycles. The molecule has 13 heteroatoms. The van der Waals surface area contributed by atoms with Crippen LogP contribution in [-0.4, -0.2) is 41.1 Å². The summed E-state index contributed by atoms with van der Waals surface area (Å²) >= 11 is 5.89. The van der Waals surface area contributed by atoms with Gasteiger partial charge in [-0.15, -0.1) is 0 Å². The van der Waals surface area contributed by atoms with E-state index in [0.29, 0.717) is 0 Å². The quantitative estimate of drug-likeness (QED) is 0.428. The molecule has 196 valence electrons. The number of hydrogen-bond acceptors (Lipinski definition) is 8. The predicted octanol–water partition coefficient (Wildman–Crippen LogP) is 4.64. The molecule has 0 saturated heterocycles. The van der Waals surface area contributed by atoms with Crippen molar-refractivity contribution in [3.63, 3.8) is 0 Å². The highest BCUT2D eigenvalue weighted by Gasteiger charge is 2.58. The van der Waals surface area contributed by atoms with E-state index in [1.165, 1.54) is 48.5 Å². The number of sulfonamides is 1. The van der Waals surface area contributed by atoms with E-state index in [-0.39, 0.29) is 21.0 Å². The first-order chi connectivity index (χ1) is 16.5. The third kappa shape index (κ3) is 5.52. The molecule has 0 heterocycles. The summed E-state index contributed by atoms with van der Waals surface area (Å²) in [7, 11) is -13.3. The van der Waals surface area contributed by atoms with Crippen molar-refractivity contribution in [2.24, 2.45) is 0 Å². The summed E-state index contributed by atoms with van der Waals surface area (Å²) in [5.41, 5.74) is -0.219. The molecular formula is C23H27ClNO8PS2. The van der Waals surface area contributed by atoms with Crippen molar-refractivity contribution in [2.45, 2.75) is 50.1 Å². The first-order valence-corrected chi connectivity index (χ1v) is 16.2. The van der Waals surface area contributed by atoms with Gasteiger partial charge >= 0.3 is 7.60 Å². The van der Waals surface area contributed by atoms with Gasteiger partial charge in [-0.3, -0.25) is 9.36 Å². The fourth-order valence-corrected chi connectivity index (χ4v) is 9.41. The number of nitrogens with one attached hydrogen (secondary N) is 1. The van der Waals surface area contributed by atoms with Gasteiger partial charge < -0.3 is 9.05 Å². The second-order valence-electron chi connectivity index (χ2n) is 8.79. The summed E-state index contributed by atoms with van der Waals surface area (Å²) in [5, 5.41) is -2.09. The van der Waals surface area contributed by atoms with Crippen molar-refractivity contribution in [3.8, 4) is 0 Å². The first-order valence-electron chi connectivity index (χ1n) is 10.9. The van der Waals surface area contributed by atoms with E-state index in [1.54, 1.807) is 27.7 Å². The predicted molar refractivity (Wildman–Crippen MR) is 137 cm³/mol. The van der Waals surface area contributed by atoms with Gasteiger partial charge in [-0.25, -0.2) is 16.8 Å². The highest BCUT2D eigenvalue weighted by Crippen LogP contribution is 2.67. The van der Waals surface area contributed by atoms with Gasteiger partial charge in [0.1, 0.15) is 4.91 Å². The lowest BCUT2D eigenvalue weighted by molar-refractivity contribution is 0.103. The molecule has 0 amide bonds. The summed E-state index contributed by atoms with van der Waals surface area (Å²) in [4.78, 5) is 12.5. The molecule has 2 aromatic rings. The number of hydrogen-bond donors (Lipinski definition) is 1. The van der Waals surface area contributed by atoms with Gasteiger partial charge in [0.15, 0.2) is 5.28 Å². The Labute approximate surface area is 216 Å². The normalized spacial score (nSPS) is 18.9. The number of Topliss-reactive ketones (excluding diaryl/α,β-unsaturated/α-hetero) is 1. The molecule has 1 atom stereocenters. The standard InChI is InChI=1S/C23H27ClNO8PS2/c1-15(2)32-34(27,33-16(3)4)23(25-35(5,28)29)14-21(22(26)19-8-6-7-9-20(19)23)36(30,31)18-12-10-17(24)11-13-18/h6-16,25H,1-5H3. The summed E-state index contributed by atoms with van der Waals surface area (Å²) in [5.74, 6) is -0.896. The van der Waals surface area contributed by atoms with Gasteiger partial charge in [0.25, 0.3) is 0 Å². The van der Waals surface area contributed by atoms with Crippen LogP contribution >= 0.6 is 19.2 Å². The zero-order chi connectivity index (χ0) is 27.1. The van der Waals surface area contributed by atoms with Crippen LogP contribution in [0.4, 0.5) is 0 Å². The van der Waals surface area contributed by atoms with Crippen molar-refractivity contribution < 1.29 is 35.2 Å². The van der Waals surface area contributed by atoms with Crippen LogP contribution in [-0.2, 0) is 38.8 Å².